The number of rotatable bonds is 11. The normalized spacial score (nSPS) is 10.7. The minimum Gasteiger partial charge on any atom is -0.493 e. The van der Waals surface area contributed by atoms with Crippen LogP contribution in [0.1, 0.15) is 25.3 Å². The van der Waals surface area contributed by atoms with Crippen molar-refractivity contribution in [2.24, 2.45) is 0 Å². The summed E-state index contributed by atoms with van der Waals surface area (Å²) in [6.07, 6.45) is 2.66. The summed E-state index contributed by atoms with van der Waals surface area (Å²) in [7, 11) is 0. The van der Waals surface area contributed by atoms with Crippen LogP contribution in [0, 0.1) is 0 Å². The molecule has 176 valence electrons. The zero-order chi connectivity index (χ0) is 23.8. The number of nitrogens with one attached hydrogen (secondary N) is 1. The molecule has 4 aromatic rings. The Bertz CT molecular complexity index is 1250. The highest BCUT2D eigenvalue weighted by molar-refractivity contribution is 7.13. The lowest BCUT2D eigenvalue weighted by Gasteiger charge is -2.14. The van der Waals surface area contributed by atoms with Gasteiger partial charge in [-0.1, -0.05) is 42.9 Å². The highest BCUT2D eigenvalue weighted by Gasteiger charge is 2.10. The molecule has 0 aliphatic carbocycles. The largest absolute Gasteiger partial charge is 0.493 e. The number of ether oxygens (including phenoxy) is 3. The molecule has 0 saturated heterocycles. The van der Waals surface area contributed by atoms with E-state index < -0.39 is 0 Å². The van der Waals surface area contributed by atoms with E-state index in [-0.39, 0.29) is 10.8 Å². The summed E-state index contributed by atoms with van der Waals surface area (Å²) < 4.78 is 17.8. The van der Waals surface area contributed by atoms with Crippen molar-refractivity contribution in [1.82, 2.24) is 4.98 Å². The molecule has 2 N–H and O–H groups in total. The molecular weight excluding hydrogens is 450 g/mol. The number of aromatic hydroxyl groups is 1. The Morgan fingerprint density at radius 1 is 0.882 bits per heavy atom. The summed E-state index contributed by atoms with van der Waals surface area (Å²) in [5.41, 5.74) is 1.89. The molecular formula is C27H27NO5S. The first kappa shape index (κ1) is 23.4. The zero-order valence-corrected chi connectivity index (χ0v) is 19.8. The molecule has 0 aliphatic heterocycles. The van der Waals surface area contributed by atoms with Gasteiger partial charge >= 0.3 is 4.87 Å². The van der Waals surface area contributed by atoms with Crippen LogP contribution in [0.3, 0.4) is 0 Å². The summed E-state index contributed by atoms with van der Waals surface area (Å²) in [4.78, 5) is 14.0. The number of hydrogen-bond acceptors (Lipinski definition) is 6. The third-order valence-electron chi connectivity index (χ3n) is 5.09. The number of para-hydroxylation sites is 1. The van der Waals surface area contributed by atoms with Gasteiger partial charge < -0.3 is 19.3 Å². The van der Waals surface area contributed by atoms with Gasteiger partial charge in [0, 0.05) is 6.42 Å². The predicted octanol–water partition coefficient (Wildman–Crippen LogP) is 6.40. The minimum atomic E-state index is -0.284. The van der Waals surface area contributed by atoms with E-state index >= 15 is 0 Å². The highest BCUT2D eigenvalue weighted by Crippen LogP contribution is 2.31. The lowest BCUT2D eigenvalue weighted by molar-refractivity contribution is 0.246. The maximum absolute atomic E-state index is 11.4. The molecule has 1 aromatic heterocycles. The second-order valence-corrected chi connectivity index (χ2v) is 8.68. The monoisotopic (exact) mass is 477 g/mol. The summed E-state index contributed by atoms with van der Waals surface area (Å²) in [5, 5.41) is 9.79. The van der Waals surface area contributed by atoms with Gasteiger partial charge in [-0.15, -0.1) is 0 Å². The van der Waals surface area contributed by atoms with Crippen molar-refractivity contribution in [2.45, 2.75) is 26.2 Å². The lowest BCUT2D eigenvalue weighted by atomic mass is 10.1. The van der Waals surface area contributed by atoms with E-state index in [1.807, 2.05) is 72.8 Å². The molecule has 0 spiro atoms. The van der Waals surface area contributed by atoms with Gasteiger partial charge in [0.1, 0.15) is 23.0 Å². The third-order valence-corrected chi connectivity index (χ3v) is 6.01. The number of hydrogen-bond donors (Lipinski definition) is 2. The van der Waals surface area contributed by atoms with E-state index in [1.54, 1.807) is 0 Å². The van der Waals surface area contributed by atoms with Crippen molar-refractivity contribution >= 4 is 11.3 Å². The fourth-order valence-corrected chi connectivity index (χ4v) is 4.23. The Morgan fingerprint density at radius 2 is 1.62 bits per heavy atom. The van der Waals surface area contributed by atoms with Gasteiger partial charge in [-0.3, -0.25) is 9.78 Å². The van der Waals surface area contributed by atoms with Crippen molar-refractivity contribution in [1.29, 1.82) is 0 Å². The van der Waals surface area contributed by atoms with Crippen molar-refractivity contribution < 1.29 is 19.3 Å². The Balaban J connectivity index is 1.27. The highest BCUT2D eigenvalue weighted by atomic mass is 32.1. The van der Waals surface area contributed by atoms with Crippen molar-refractivity contribution in [2.75, 3.05) is 13.2 Å². The van der Waals surface area contributed by atoms with Crippen LogP contribution in [-0.2, 0) is 6.42 Å². The average molecular weight is 478 g/mol. The number of aromatic nitrogens is 1. The van der Waals surface area contributed by atoms with Crippen molar-refractivity contribution in [3.8, 4) is 39.3 Å². The van der Waals surface area contributed by atoms with Gasteiger partial charge in [0.15, 0.2) is 0 Å². The van der Waals surface area contributed by atoms with Crippen LogP contribution >= 0.6 is 11.3 Å². The minimum absolute atomic E-state index is 0.108. The van der Waals surface area contributed by atoms with E-state index in [1.165, 1.54) is 0 Å². The molecule has 4 rings (SSSR count). The molecule has 0 radical (unpaired) electrons. The predicted molar refractivity (Wildman–Crippen MR) is 135 cm³/mol. The maximum Gasteiger partial charge on any atom is 0.307 e. The summed E-state index contributed by atoms with van der Waals surface area (Å²) in [6, 6.07) is 23.0. The molecule has 6 nitrogen and oxygen atoms in total. The quantitative estimate of drug-likeness (QED) is 0.244. The smallest absolute Gasteiger partial charge is 0.307 e. The Morgan fingerprint density at radius 3 is 2.32 bits per heavy atom. The van der Waals surface area contributed by atoms with Gasteiger partial charge in [-0.25, -0.2) is 0 Å². The standard InChI is InChI=1S/C27H27NO5S/c1-2-7-20-18-23(33-22-8-4-3-5-9-22)14-15-24(20)32-17-6-16-31-21-12-10-19(11-13-21)25-26(29)28-27(30)34-25/h3-5,8-15,18,29H,2,6-7,16-17H2,1H3,(H,28,30). The topological polar surface area (TPSA) is 80.8 Å². The van der Waals surface area contributed by atoms with E-state index in [9.17, 15) is 9.90 Å². The van der Waals surface area contributed by atoms with Gasteiger partial charge in [0.05, 0.1) is 18.1 Å². The fourth-order valence-electron chi connectivity index (χ4n) is 3.50. The van der Waals surface area contributed by atoms with Crippen LogP contribution in [0.25, 0.3) is 10.4 Å². The maximum atomic E-state index is 11.4. The van der Waals surface area contributed by atoms with Crippen LogP contribution in [0.4, 0.5) is 0 Å². The number of aryl methyl sites for hydroxylation is 1. The van der Waals surface area contributed by atoms with Gasteiger partial charge in [-0.2, -0.15) is 0 Å². The fraction of sp³-hybridized carbons (Fsp3) is 0.222. The summed E-state index contributed by atoms with van der Waals surface area (Å²) in [5.74, 6) is 3.10. The molecule has 0 unspecified atom stereocenters. The molecule has 0 bridgehead atoms. The molecule has 34 heavy (non-hydrogen) atoms. The first-order valence-corrected chi connectivity index (χ1v) is 12.1. The van der Waals surface area contributed by atoms with E-state index in [0.29, 0.717) is 18.1 Å². The first-order valence-electron chi connectivity index (χ1n) is 11.3. The third kappa shape index (κ3) is 6.20. The second kappa shape index (κ2) is 11.4. The molecule has 0 atom stereocenters. The van der Waals surface area contributed by atoms with Crippen molar-refractivity contribution in [3.05, 3.63) is 88.0 Å². The van der Waals surface area contributed by atoms with Crippen LogP contribution in [0.15, 0.2) is 77.6 Å². The van der Waals surface area contributed by atoms with Crippen LogP contribution < -0.4 is 19.1 Å². The van der Waals surface area contributed by atoms with Gasteiger partial charge in [0.25, 0.3) is 0 Å². The molecule has 0 amide bonds. The number of aromatic amines is 1. The molecule has 0 saturated carbocycles. The van der Waals surface area contributed by atoms with E-state index in [0.717, 1.165) is 64.7 Å². The average Bonchev–Trinajstić information content (AvgIpc) is 3.19. The summed E-state index contributed by atoms with van der Waals surface area (Å²) >= 11 is 0.975. The number of benzene rings is 3. The first-order chi connectivity index (χ1) is 16.6. The zero-order valence-electron chi connectivity index (χ0n) is 19.0. The van der Waals surface area contributed by atoms with Crippen LogP contribution in [0.2, 0.25) is 0 Å². The van der Waals surface area contributed by atoms with Gasteiger partial charge in [-0.05, 0) is 72.1 Å². The Kier molecular flexibility index (Phi) is 7.88. The SMILES string of the molecule is CCCc1cc(Oc2ccccc2)ccc1OCCCOc1ccc(-c2sc(=O)[nH]c2O)cc1. The van der Waals surface area contributed by atoms with Gasteiger partial charge in [0.2, 0.25) is 5.88 Å². The molecule has 0 fully saturated rings. The van der Waals surface area contributed by atoms with E-state index in [2.05, 4.69) is 11.9 Å². The van der Waals surface area contributed by atoms with E-state index in [4.69, 9.17) is 14.2 Å². The lowest BCUT2D eigenvalue weighted by Crippen LogP contribution is -2.06. The summed E-state index contributed by atoms with van der Waals surface area (Å²) in [6.45, 7) is 3.20. The van der Waals surface area contributed by atoms with Crippen molar-refractivity contribution in [3.63, 3.8) is 0 Å². The molecule has 0 aliphatic rings. The Hall–Kier alpha value is -3.71. The molecule has 7 heteroatoms. The molecule has 1 heterocycles. The number of H-pyrrole nitrogens is 1. The second-order valence-electron chi connectivity index (χ2n) is 7.70. The molecule has 3 aromatic carbocycles. The Labute approximate surface area is 202 Å². The number of thiazole rings is 1. The van der Waals surface area contributed by atoms with Crippen LogP contribution in [0.5, 0.6) is 28.9 Å². The van der Waals surface area contributed by atoms with Crippen LogP contribution in [-0.4, -0.2) is 23.3 Å².